The molecule has 0 atom stereocenters. The van der Waals surface area contributed by atoms with Crippen molar-refractivity contribution in [2.24, 2.45) is 0 Å². The highest BCUT2D eigenvalue weighted by Gasteiger charge is 2.10. The SMILES string of the molecule is c1ccc(-c2ccc3oc(-c4ccc5ccccc5c4)nc3c2)cc1. The summed E-state index contributed by atoms with van der Waals surface area (Å²) in [6.07, 6.45) is 0. The second-order valence-corrected chi connectivity index (χ2v) is 6.13. The van der Waals surface area contributed by atoms with Crippen LogP contribution in [0.25, 0.3) is 44.5 Å². The molecule has 2 nitrogen and oxygen atoms in total. The molecule has 118 valence electrons. The lowest BCUT2D eigenvalue weighted by Crippen LogP contribution is -1.79. The Bertz CT molecular complexity index is 1190. The minimum atomic E-state index is 0.658. The number of benzene rings is 4. The molecule has 0 aliphatic carbocycles. The summed E-state index contributed by atoms with van der Waals surface area (Å²) < 4.78 is 5.98. The van der Waals surface area contributed by atoms with Crippen LogP contribution in [0.5, 0.6) is 0 Å². The number of hydrogen-bond donors (Lipinski definition) is 0. The predicted molar refractivity (Wildman–Crippen MR) is 102 cm³/mol. The fourth-order valence-electron chi connectivity index (χ4n) is 3.18. The molecule has 0 saturated carbocycles. The summed E-state index contributed by atoms with van der Waals surface area (Å²) in [5, 5.41) is 2.40. The fraction of sp³-hybridized carbons (Fsp3) is 0. The van der Waals surface area contributed by atoms with Crippen molar-refractivity contribution in [2.45, 2.75) is 0 Å². The van der Waals surface area contributed by atoms with Gasteiger partial charge in [0.2, 0.25) is 5.89 Å². The lowest BCUT2D eigenvalue weighted by molar-refractivity contribution is 0.620. The van der Waals surface area contributed by atoms with Crippen LogP contribution in [0.1, 0.15) is 0 Å². The minimum Gasteiger partial charge on any atom is -0.436 e. The van der Waals surface area contributed by atoms with Crippen molar-refractivity contribution in [1.29, 1.82) is 0 Å². The molecule has 0 aliphatic heterocycles. The van der Waals surface area contributed by atoms with Gasteiger partial charge in [-0.25, -0.2) is 4.98 Å². The van der Waals surface area contributed by atoms with Crippen LogP contribution in [-0.2, 0) is 0 Å². The molecule has 0 bridgehead atoms. The van der Waals surface area contributed by atoms with Gasteiger partial charge in [-0.3, -0.25) is 0 Å². The highest BCUT2D eigenvalue weighted by Crippen LogP contribution is 2.29. The minimum absolute atomic E-state index is 0.658. The number of hydrogen-bond acceptors (Lipinski definition) is 2. The lowest BCUT2D eigenvalue weighted by Gasteiger charge is -1.99. The van der Waals surface area contributed by atoms with Crippen molar-refractivity contribution in [1.82, 2.24) is 4.98 Å². The average Bonchev–Trinajstić information content (AvgIpc) is 3.11. The molecule has 0 aliphatic rings. The molecule has 0 fully saturated rings. The Hall–Kier alpha value is -3.39. The first-order valence-corrected chi connectivity index (χ1v) is 8.32. The van der Waals surface area contributed by atoms with Gasteiger partial charge in [-0.2, -0.15) is 0 Å². The highest BCUT2D eigenvalue weighted by molar-refractivity contribution is 5.88. The molecule has 0 spiro atoms. The van der Waals surface area contributed by atoms with E-state index in [1.54, 1.807) is 0 Å². The van der Waals surface area contributed by atoms with Crippen LogP contribution in [0.15, 0.2) is 95.4 Å². The van der Waals surface area contributed by atoms with Crippen molar-refractivity contribution < 1.29 is 4.42 Å². The van der Waals surface area contributed by atoms with Crippen LogP contribution in [-0.4, -0.2) is 4.98 Å². The van der Waals surface area contributed by atoms with E-state index in [4.69, 9.17) is 9.40 Å². The van der Waals surface area contributed by atoms with E-state index in [2.05, 4.69) is 54.6 Å². The zero-order chi connectivity index (χ0) is 16.6. The maximum absolute atomic E-state index is 5.98. The lowest BCUT2D eigenvalue weighted by atomic mass is 10.1. The Balaban J connectivity index is 1.62. The van der Waals surface area contributed by atoms with E-state index in [1.165, 1.54) is 16.3 Å². The smallest absolute Gasteiger partial charge is 0.227 e. The largest absolute Gasteiger partial charge is 0.436 e. The van der Waals surface area contributed by atoms with Gasteiger partial charge in [0.15, 0.2) is 5.58 Å². The molecule has 1 heterocycles. The Labute approximate surface area is 145 Å². The average molecular weight is 321 g/mol. The summed E-state index contributed by atoms with van der Waals surface area (Å²) in [7, 11) is 0. The Morgan fingerprint density at radius 3 is 2.20 bits per heavy atom. The summed E-state index contributed by atoms with van der Waals surface area (Å²) in [4.78, 5) is 4.71. The van der Waals surface area contributed by atoms with Crippen molar-refractivity contribution in [3.8, 4) is 22.6 Å². The van der Waals surface area contributed by atoms with Gasteiger partial charge in [-0.05, 0) is 46.2 Å². The number of aromatic nitrogens is 1. The molecule has 0 unspecified atom stereocenters. The van der Waals surface area contributed by atoms with Gasteiger partial charge >= 0.3 is 0 Å². The van der Waals surface area contributed by atoms with Crippen LogP contribution in [0.3, 0.4) is 0 Å². The second-order valence-electron chi connectivity index (χ2n) is 6.13. The second kappa shape index (κ2) is 5.60. The Morgan fingerprint density at radius 1 is 0.560 bits per heavy atom. The zero-order valence-corrected chi connectivity index (χ0v) is 13.5. The molecule has 25 heavy (non-hydrogen) atoms. The molecular weight excluding hydrogens is 306 g/mol. The van der Waals surface area contributed by atoms with Crippen LogP contribution < -0.4 is 0 Å². The monoisotopic (exact) mass is 321 g/mol. The number of oxazole rings is 1. The van der Waals surface area contributed by atoms with E-state index in [-0.39, 0.29) is 0 Å². The molecule has 1 aromatic heterocycles. The van der Waals surface area contributed by atoms with Gasteiger partial charge in [0.25, 0.3) is 0 Å². The van der Waals surface area contributed by atoms with Gasteiger partial charge in [0, 0.05) is 5.56 Å². The van der Waals surface area contributed by atoms with E-state index in [0.29, 0.717) is 5.89 Å². The van der Waals surface area contributed by atoms with Crippen molar-refractivity contribution >= 4 is 21.9 Å². The number of nitrogens with zero attached hydrogens (tertiary/aromatic N) is 1. The third kappa shape index (κ3) is 2.48. The van der Waals surface area contributed by atoms with E-state index in [1.807, 2.05) is 36.4 Å². The van der Waals surface area contributed by atoms with E-state index in [0.717, 1.165) is 22.2 Å². The van der Waals surface area contributed by atoms with Crippen LogP contribution in [0.2, 0.25) is 0 Å². The highest BCUT2D eigenvalue weighted by atomic mass is 16.3. The first-order chi connectivity index (χ1) is 12.4. The molecule has 0 radical (unpaired) electrons. The van der Waals surface area contributed by atoms with Crippen LogP contribution in [0, 0.1) is 0 Å². The molecule has 0 N–H and O–H groups in total. The fourth-order valence-corrected chi connectivity index (χ4v) is 3.18. The Morgan fingerprint density at radius 2 is 1.32 bits per heavy atom. The molecular formula is C23H15NO. The zero-order valence-electron chi connectivity index (χ0n) is 13.5. The number of rotatable bonds is 2. The topological polar surface area (TPSA) is 26.0 Å². The standard InChI is InChI=1S/C23H15NO/c1-2-6-16(7-3-1)19-12-13-22-21(15-19)24-23(25-22)20-11-10-17-8-4-5-9-18(17)14-20/h1-15H. The van der Waals surface area contributed by atoms with Gasteiger partial charge < -0.3 is 4.42 Å². The normalized spacial score (nSPS) is 11.2. The van der Waals surface area contributed by atoms with Crippen molar-refractivity contribution in [2.75, 3.05) is 0 Å². The molecule has 5 aromatic rings. The molecule has 5 rings (SSSR count). The van der Waals surface area contributed by atoms with Gasteiger partial charge in [-0.1, -0.05) is 66.7 Å². The van der Waals surface area contributed by atoms with E-state index >= 15 is 0 Å². The van der Waals surface area contributed by atoms with Gasteiger partial charge in [-0.15, -0.1) is 0 Å². The predicted octanol–water partition coefficient (Wildman–Crippen LogP) is 6.32. The molecule has 4 aromatic carbocycles. The summed E-state index contributed by atoms with van der Waals surface area (Å²) in [5.74, 6) is 0.658. The molecule has 0 amide bonds. The third-order valence-corrected chi connectivity index (χ3v) is 4.49. The number of fused-ring (bicyclic) bond motifs is 2. The van der Waals surface area contributed by atoms with E-state index < -0.39 is 0 Å². The maximum atomic E-state index is 5.98. The summed E-state index contributed by atoms with van der Waals surface area (Å²) >= 11 is 0. The molecule has 2 heteroatoms. The molecule has 0 saturated heterocycles. The Kier molecular flexibility index (Phi) is 3.14. The van der Waals surface area contributed by atoms with Gasteiger partial charge in [0.05, 0.1) is 0 Å². The maximum Gasteiger partial charge on any atom is 0.227 e. The third-order valence-electron chi connectivity index (χ3n) is 4.49. The van der Waals surface area contributed by atoms with Gasteiger partial charge in [0.1, 0.15) is 5.52 Å². The summed E-state index contributed by atoms with van der Waals surface area (Å²) in [6, 6.07) is 31.1. The van der Waals surface area contributed by atoms with Crippen LogP contribution >= 0.6 is 0 Å². The van der Waals surface area contributed by atoms with Crippen molar-refractivity contribution in [3.63, 3.8) is 0 Å². The summed E-state index contributed by atoms with van der Waals surface area (Å²) in [6.45, 7) is 0. The summed E-state index contributed by atoms with van der Waals surface area (Å²) in [5.41, 5.74) is 5.01. The van der Waals surface area contributed by atoms with Crippen molar-refractivity contribution in [3.05, 3.63) is 91.0 Å². The quantitative estimate of drug-likeness (QED) is 0.380. The first-order valence-electron chi connectivity index (χ1n) is 8.32. The van der Waals surface area contributed by atoms with Crippen LogP contribution in [0.4, 0.5) is 0 Å². The first kappa shape index (κ1) is 14.0. The van der Waals surface area contributed by atoms with E-state index in [9.17, 15) is 0 Å².